The van der Waals surface area contributed by atoms with E-state index < -0.39 is 0 Å². The van der Waals surface area contributed by atoms with Gasteiger partial charge in [0, 0.05) is 11.7 Å². The van der Waals surface area contributed by atoms with E-state index >= 15 is 0 Å². The van der Waals surface area contributed by atoms with E-state index in [4.69, 9.17) is 4.74 Å². The van der Waals surface area contributed by atoms with Crippen molar-refractivity contribution in [1.29, 1.82) is 0 Å². The van der Waals surface area contributed by atoms with E-state index in [1.54, 1.807) is 0 Å². The van der Waals surface area contributed by atoms with Crippen molar-refractivity contribution in [3.05, 3.63) is 24.3 Å². The van der Waals surface area contributed by atoms with Crippen LogP contribution in [0.15, 0.2) is 24.3 Å². The van der Waals surface area contributed by atoms with Crippen molar-refractivity contribution < 1.29 is 4.74 Å². The zero-order valence-electron chi connectivity index (χ0n) is 11.5. The average molecular weight is 260 g/mol. The van der Waals surface area contributed by atoms with Crippen LogP contribution in [0.5, 0.6) is 5.75 Å². The van der Waals surface area contributed by atoms with Gasteiger partial charge in [-0.15, -0.1) is 0 Å². The SMILES string of the molecule is c1cc(OC2CCCC2)ccc1NC1CCNCC1. The summed E-state index contributed by atoms with van der Waals surface area (Å²) in [5, 5.41) is 7.00. The number of hydrogen-bond acceptors (Lipinski definition) is 3. The summed E-state index contributed by atoms with van der Waals surface area (Å²) in [5.41, 5.74) is 1.21. The van der Waals surface area contributed by atoms with Gasteiger partial charge in [-0.25, -0.2) is 0 Å². The number of ether oxygens (including phenoxy) is 1. The van der Waals surface area contributed by atoms with Crippen LogP contribution in [0.3, 0.4) is 0 Å². The molecule has 1 aromatic rings. The first kappa shape index (κ1) is 12.8. The molecule has 1 saturated carbocycles. The zero-order valence-corrected chi connectivity index (χ0v) is 11.5. The lowest BCUT2D eigenvalue weighted by Gasteiger charge is -2.24. The lowest BCUT2D eigenvalue weighted by atomic mass is 10.1. The Morgan fingerprint density at radius 1 is 0.947 bits per heavy atom. The fourth-order valence-electron chi connectivity index (χ4n) is 3.03. The van der Waals surface area contributed by atoms with Gasteiger partial charge in [-0.1, -0.05) is 0 Å². The first-order valence-corrected chi connectivity index (χ1v) is 7.64. The van der Waals surface area contributed by atoms with Gasteiger partial charge >= 0.3 is 0 Å². The molecule has 0 aromatic heterocycles. The van der Waals surface area contributed by atoms with E-state index in [9.17, 15) is 0 Å². The Balaban J connectivity index is 1.52. The van der Waals surface area contributed by atoms with Crippen LogP contribution in [0, 0.1) is 0 Å². The van der Waals surface area contributed by atoms with Gasteiger partial charge in [-0.05, 0) is 75.9 Å². The molecule has 1 heterocycles. The molecule has 0 radical (unpaired) electrons. The maximum atomic E-state index is 5.98. The number of rotatable bonds is 4. The van der Waals surface area contributed by atoms with Crippen LogP contribution < -0.4 is 15.4 Å². The summed E-state index contributed by atoms with van der Waals surface area (Å²) < 4.78 is 5.98. The number of nitrogens with one attached hydrogen (secondary N) is 2. The quantitative estimate of drug-likeness (QED) is 0.872. The molecular weight excluding hydrogens is 236 g/mol. The Morgan fingerprint density at radius 3 is 2.32 bits per heavy atom. The highest BCUT2D eigenvalue weighted by Crippen LogP contribution is 2.25. The zero-order chi connectivity index (χ0) is 12.9. The third-order valence-electron chi connectivity index (χ3n) is 4.17. The monoisotopic (exact) mass is 260 g/mol. The van der Waals surface area contributed by atoms with Crippen LogP contribution >= 0.6 is 0 Å². The van der Waals surface area contributed by atoms with Crippen molar-refractivity contribution in [2.75, 3.05) is 18.4 Å². The van der Waals surface area contributed by atoms with E-state index in [2.05, 4.69) is 34.9 Å². The summed E-state index contributed by atoms with van der Waals surface area (Å²) in [4.78, 5) is 0. The second-order valence-corrected chi connectivity index (χ2v) is 5.72. The number of piperidine rings is 1. The fourth-order valence-corrected chi connectivity index (χ4v) is 3.03. The lowest BCUT2D eigenvalue weighted by Crippen LogP contribution is -2.35. The molecule has 3 heteroatoms. The summed E-state index contributed by atoms with van der Waals surface area (Å²) in [6.07, 6.45) is 7.94. The Hall–Kier alpha value is -1.22. The van der Waals surface area contributed by atoms with E-state index in [0.29, 0.717) is 12.1 Å². The molecule has 0 unspecified atom stereocenters. The minimum atomic E-state index is 0.447. The minimum Gasteiger partial charge on any atom is -0.490 e. The van der Waals surface area contributed by atoms with Crippen LogP contribution in [-0.4, -0.2) is 25.2 Å². The van der Waals surface area contributed by atoms with Gasteiger partial charge < -0.3 is 15.4 Å². The lowest BCUT2D eigenvalue weighted by molar-refractivity contribution is 0.210. The van der Waals surface area contributed by atoms with Crippen LogP contribution in [0.4, 0.5) is 5.69 Å². The van der Waals surface area contributed by atoms with Crippen molar-refractivity contribution in [3.8, 4) is 5.75 Å². The van der Waals surface area contributed by atoms with E-state index in [1.807, 2.05) is 0 Å². The van der Waals surface area contributed by atoms with Gasteiger partial charge in [0.2, 0.25) is 0 Å². The second kappa shape index (κ2) is 6.29. The average Bonchev–Trinajstić information content (AvgIpc) is 2.95. The Bertz CT molecular complexity index is 378. The molecule has 0 spiro atoms. The van der Waals surface area contributed by atoms with Crippen molar-refractivity contribution in [2.45, 2.75) is 50.7 Å². The number of hydrogen-bond donors (Lipinski definition) is 2. The van der Waals surface area contributed by atoms with Crippen LogP contribution in [0.25, 0.3) is 0 Å². The van der Waals surface area contributed by atoms with Crippen molar-refractivity contribution >= 4 is 5.69 Å². The van der Waals surface area contributed by atoms with Crippen molar-refractivity contribution in [3.63, 3.8) is 0 Å². The smallest absolute Gasteiger partial charge is 0.119 e. The molecule has 1 saturated heterocycles. The Kier molecular flexibility index (Phi) is 4.23. The highest BCUT2D eigenvalue weighted by molar-refractivity contribution is 5.47. The van der Waals surface area contributed by atoms with Crippen molar-refractivity contribution in [2.24, 2.45) is 0 Å². The predicted molar refractivity (Wildman–Crippen MR) is 78.8 cm³/mol. The molecule has 3 nitrogen and oxygen atoms in total. The third-order valence-corrected chi connectivity index (χ3v) is 4.17. The highest BCUT2D eigenvalue weighted by Gasteiger charge is 2.16. The van der Waals surface area contributed by atoms with E-state index in [-0.39, 0.29) is 0 Å². The molecule has 104 valence electrons. The standard InChI is InChI=1S/C16H24N2O/c1-2-4-15(3-1)19-16-7-5-13(6-8-16)18-14-9-11-17-12-10-14/h5-8,14-15,17-18H,1-4,9-12H2. The molecule has 2 N–H and O–H groups in total. The van der Waals surface area contributed by atoms with Gasteiger partial charge in [0.25, 0.3) is 0 Å². The summed E-state index contributed by atoms with van der Waals surface area (Å²) in [7, 11) is 0. The van der Waals surface area contributed by atoms with Gasteiger partial charge in [-0.3, -0.25) is 0 Å². The first-order chi connectivity index (χ1) is 9.40. The van der Waals surface area contributed by atoms with Crippen LogP contribution in [0.2, 0.25) is 0 Å². The largest absolute Gasteiger partial charge is 0.490 e. The molecule has 0 amide bonds. The maximum absolute atomic E-state index is 5.98. The summed E-state index contributed by atoms with van der Waals surface area (Å²) in [6.45, 7) is 2.25. The molecule has 0 atom stereocenters. The summed E-state index contributed by atoms with van der Waals surface area (Å²) in [6, 6.07) is 9.10. The molecule has 1 aliphatic heterocycles. The van der Waals surface area contributed by atoms with Gasteiger partial charge in [0.1, 0.15) is 5.75 Å². The molecule has 2 fully saturated rings. The Labute approximate surface area is 115 Å². The second-order valence-electron chi connectivity index (χ2n) is 5.72. The molecule has 1 aromatic carbocycles. The minimum absolute atomic E-state index is 0.447. The summed E-state index contributed by atoms with van der Waals surface area (Å²) in [5.74, 6) is 1.02. The molecule has 0 bridgehead atoms. The topological polar surface area (TPSA) is 33.3 Å². The van der Waals surface area contributed by atoms with E-state index in [0.717, 1.165) is 18.8 Å². The molecular formula is C16H24N2O. The van der Waals surface area contributed by atoms with Gasteiger partial charge in [-0.2, -0.15) is 0 Å². The van der Waals surface area contributed by atoms with Gasteiger partial charge in [0.05, 0.1) is 6.10 Å². The van der Waals surface area contributed by atoms with Crippen LogP contribution in [-0.2, 0) is 0 Å². The maximum Gasteiger partial charge on any atom is 0.119 e. The molecule has 2 aliphatic rings. The predicted octanol–water partition coefficient (Wildman–Crippen LogP) is 3.17. The Morgan fingerprint density at radius 2 is 1.63 bits per heavy atom. The molecule has 1 aliphatic carbocycles. The number of benzene rings is 1. The van der Waals surface area contributed by atoms with Crippen molar-refractivity contribution in [1.82, 2.24) is 5.32 Å². The fraction of sp³-hybridized carbons (Fsp3) is 0.625. The summed E-state index contributed by atoms with van der Waals surface area (Å²) >= 11 is 0. The molecule has 3 rings (SSSR count). The third kappa shape index (κ3) is 3.63. The van der Waals surface area contributed by atoms with Gasteiger partial charge in [0.15, 0.2) is 0 Å². The number of anilines is 1. The van der Waals surface area contributed by atoms with Crippen LogP contribution in [0.1, 0.15) is 38.5 Å². The molecule has 19 heavy (non-hydrogen) atoms. The van der Waals surface area contributed by atoms with E-state index in [1.165, 1.54) is 44.2 Å². The first-order valence-electron chi connectivity index (χ1n) is 7.64. The highest BCUT2D eigenvalue weighted by atomic mass is 16.5. The normalized spacial score (nSPS) is 21.5.